The molecule has 0 spiro atoms. The summed E-state index contributed by atoms with van der Waals surface area (Å²) in [6, 6.07) is 19.8. The van der Waals surface area contributed by atoms with Gasteiger partial charge in [-0.25, -0.2) is 14.8 Å². The molecule has 2 heterocycles. The van der Waals surface area contributed by atoms with Gasteiger partial charge in [-0.15, -0.1) is 0 Å². The number of benzene rings is 2. The van der Waals surface area contributed by atoms with Crippen molar-refractivity contribution >= 4 is 17.8 Å². The number of aromatic nitrogens is 2. The lowest BCUT2D eigenvalue weighted by Gasteiger charge is -2.36. The molecule has 7 nitrogen and oxygen atoms in total. The lowest BCUT2D eigenvalue weighted by molar-refractivity contribution is -0.132. The van der Waals surface area contributed by atoms with Crippen molar-refractivity contribution in [3.63, 3.8) is 0 Å². The third-order valence-electron chi connectivity index (χ3n) is 5.54. The molecule has 4 rings (SSSR count). The van der Waals surface area contributed by atoms with Crippen LogP contribution < -0.4 is 4.90 Å². The predicted octanol–water partition coefficient (Wildman–Crippen LogP) is 3.13. The normalized spacial score (nSPS) is 13.8. The van der Waals surface area contributed by atoms with Crippen molar-refractivity contribution in [3.05, 3.63) is 89.7 Å². The van der Waals surface area contributed by atoms with Gasteiger partial charge < -0.3 is 14.5 Å². The third kappa shape index (κ3) is 4.77. The number of ether oxygens (including phenoxy) is 1. The number of hydrogen-bond acceptors (Lipinski definition) is 6. The number of esters is 1. The lowest BCUT2D eigenvalue weighted by Crippen LogP contribution is -2.50. The number of rotatable bonds is 6. The van der Waals surface area contributed by atoms with Crippen LogP contribution in [0.15, 0.2) is 73.1 Å². The molecule has 0 saturated carbocycles. The molecule has 2 aromatic carbocycles. The van der Waals surface area contributed by atoms with E-state index in [1.807, 2.05) is 70.5 Å². The van der Waals surface area contributed by atoms with E-state index in [2.05, 4.69) is 9.97 Å². The van der Waals surface area contributed by atoms with E-state index < -0.39 is 5.97 Å². The zero-order valence-electron chi connectivity index (χ0n) is 18.1. The summed E-state index contributed by atoms with van der Waals surface area (Å²) in [5, 5.41) is 0. The van der Waals surface area contributed by atoms with Gasteiger partial charge in [0.1, 0.15) is 0 Å². The first kappa shape index (κ1) is 21.5. The molecule has 0 aliphatic carbocycles. The summed E-state index contributed by atoms with van der Waals surface area (Å²) in [7, 11) is 0. The summed E-state index contributed by atoms with van der Waals surface area (Å²) < 4.78 is 4.97. The summed E-state index contributed by atoms with van der Waals surface area (Å²) >= 11 is 0. The highest BCUT2D eigenvalue weighted by atomic mass is 16.5. The number of carbonyl (C=O) groups excluding carboxylic acids is 2. The first-order valence-corrected chi connectivity index (χ1v) is 10.8. The lowest BCUT2D eigenvalue weighted by atomic mass is 9.90. The van der Waals surface area contributed by atoms with Gasteiger partial charge in [-0.3, -0.25) is 4.79 Å². The minimum absolute atomic E-state index is 0.0978. The van der Waals surface area contributed by atoms with Crippen molar-refractivity contribution in [1.82, 2.24) is 14.9 Å². The molecular weight excluding hydrogens is 404 g/mol. The monoisotopic (exact) mass is 430 g/mol. The average Bonchev–Trinajstić information content (AvgIpc) is 2.86. The number of piperazine rings is 1. The van der Waals surface area contributed by atoms with E-state index >= 15 is 0 Å². The van der Waals surface area contributed by atoms with Crippen molar-refractivity contribution in [2.45, 2.75) is 12.8 Å². The number of nitrogens with zero attached hydrogens (tertiary/aromatic N) is 4. The Labute approximate surface area is 187 Å². The van der Waals surface area contributed by atoms with Crippen molar-refractivity contribution < 1.29 is 14.3 Å². The van der Waals surface area contributed by atoms with Crippen LogP contribution in [0.4, 0.5) is 5.95 Å². The van der Waals surface area contributed by atoms with Crippen LogP contribution in [0.3, 0.4) is 0 Å². The van der Waals surface area contributed by atoms with Gasteiger partial charge in [-0.1, -0.05) is 60.7 Å². The maximum atomic E-state index is 13.5. The van der Waals surface area contributed by atoms with Gasteiger partial charge in [0.2, 0.25) is 11.9 Å². The van der Waals surface area contributed by atoms with Crippen molar-refractivity contribution in [2.75, 3.05) is 37.7 Å². The molecular formula is C25H26N4O3. The molecule has 32 heavy (non-hydrogen) atoms. The Kier molecular flexibility index (Phi) is 6.75. The second-order valence-electron chi connectivity index (χ2n) is 7.56. The molecule has 1 saturated heterocycles. The Bertz CT molecular complexity index is 994. The Balaban J connectivity index is 1.45. The van der Waals surface area contributed by atoms with Crippen molar-refractivity contribution in [2.24, 2.45) is 0 Å². The fourth-order valence-electron chi connectivity index (χ4n) is 3.88. The Morgan fingerprint density at radius 1 is 0.875 bits per heavy atom. The quantitative estimate of drug-likeness (QED) is 0.560. The smallest absolute Gasteiger partial charge is 0.341 e. The Morgan fingerprint density at radius 2 is 1.41 bits per heavy atom. The summed E-state index contributed by atoms with van der Waals surface area (Å²) in [6.45, 7) is 4.48. The number of carbonyl (C=O) groups is 2. The van der Waals surface area contributed by atoms with Gasteiger partial charge in [0.05, 0.1) is 18.1 Å². The first-order valence-electron chi connectivity index (χ1n) is 10.8. The molecule has 0 atom stereocenters. The third-order valence-corrected chi connectivity index (χ3v) is 5.54. The van der Waals surface area contributed by atoms with Crippen LogP contribution in [0, 0.1) is 0 Å². The van der Waals surface area contributed by atoms with Crippen LogP contribution in [0.2, 0.25) is 0 Å². The van der Waals surface area contributed by atoms with Gasteiger partial charge in [0.15, 0.2) is 0 Å². The fourth-order valence-corrected chi connectivity index (χ4v) is 3.88. The van der Waals surface area contributed by atoms with E-state index in [0.717, 1.165) is 11.1 Å². The molecule has 164 valence electrons. The number of anilines is 1. The van der Waals surface area contributed by atoms with Crippen LogP contribution in [-0.4, -0.2) is 59.5 Å². The zero-order chi connectivity index (χ0) is 22.3. The molecule has 1 amide bonds. The van der Waals surface area contributed by atoms with Crippen LogP contribution in [0.5, 0.6) is 0 Å². The van der Waals surface area contributed by atoms with Crippen LogP contribution in [-0.2, 0) is 9.53 Å². The standard InChI is InChI=1S/C25H26N4O3/c1-2-32-24(31)21-17-26-25(27-18-21)29-15-13-28(14-16-29)23(30)22(19-9-5-3-6-10-19)20-11-7-4-8-12-20/h3-12,17-18,22H,2,13-16H2,1H3. The van der Waals surface area contributed by atoms with Gasteiger partial charge >= 0.3 is 5.97 Å². The molecule has 1 fully saturated rings. The molecule has 1 aliphatic heterocycles. The molecule has 7 heteroatoms. The summed E-state index contributed by atoms with van der Waals surface area (Å²) in [4.78, 5) is 37.9. The summed E-state index contributed by atoms with van der Waals surface area (Å²) in [6.07, 6.45) is 2.97. The van der Waals surface area contributed by atoms with Crippen molar-refractivity contribution in [1.29, 1.82) is 0 Å². The van der Waals surface area contributed by atoms with Crippen LogP contribution in [0.25, 0.3) is 0 Å². The van der Waals surface area contributed by atoms with Gasteiger partial charge in [0, 0.05) is 38.6 Å². The van der Waals surface area contributed by atoms with E-state index in [1.54, 1.807) is 6.92 Å². The molecule has 0 bridgehead atoms. The molecule has 0 N–H and O–H groups in total. The van der Waals surface area contributed by atoms with E-state index in [-0.39, 0.29) is 11.8 Å². The summed E-state index contributed by atoms with van der Waals surface area (Å²) in [5.74, 6) is -0.111. The minimum atomic E-state index is -0.428. The van der Waals surface area contributed by atoms with E-state index in [0.29, 0.717) is 44.3 Å². The molecule has 1 aromatic heterocycles. The van der Waals surface area contributed by atoms with E-state index in [9.17, 15) is 9.59 Å². The maximum absolute atomic E-state index is 13.5. The van der Waals surface area contributed by atoms with Gasteiger partial charge in [-0.2, -0.15) is 0 Å². The SMILES string of the molecule is CCOC(=O)c1cnc(N2CCN(C(=O)C(c3ccccc3)c3ccccc3)CC2)nc1. The second-order valence-corrected chi connectivity index (χ2v) is 7.56. The first-order chi connectivity index (χ1) is 15.7. The second kappa shape index (κ2) is 10.0. The zero-order valence-corrected chi connectivity index (χ0v) is 18.1. The highest BCUT2D eigenvalue weighted by Crippen LogP contribution is 2.27. The van der Waals surface area contributed by atoms with Gasteiger partial charge in [-0.05, 0) is 18.1 Å². The molecule has 3 aromatic rings. The summed E-state index contributed by atoms with van der Waals surface area (Å²) in [5.41, 5.74) is 2.31. The highest BCUT2D eigenvalue weighted by Gasteiger charge is 2.30. The Hall–Kier alpha value is -3.74. The topological polar surface area (TPSA) is 75.6 Å². The van der Waals surface area contributed by atoms with Crippen LogP contribution >= 0.6 is 0 Å². The Morgan fingerprint density at radius 3 is 1.91 bits per heavy atom. The number of hydrogen-bond donors (Lipinski definition) is 0. The maximum Gasteiger partial charge on any atom is 0.341 e. The minimum Gasteiger partial charge on any atom is -0.462 e. The average molecular weight is 431 g/mol. The van der Waals surface area contributed by atoms with E-state index in [1.165, 1.54) is 12.4 Å². The van der Waals surface area contributed by atoms with Crippen LogP contribution in [0.1, 0.15) is 34.3 Å². The number of amides is 1. The highest BCUT2D eigenvalue weighted by molar-refractivity contribution is 5.89. The molecule has 0 unspecified atom stereocenters. The largest absolute Gasteiger partial charge is 0.462 e. The fraction of sp³-hybridized carbons (Fsp3) is 0.280. The van der Waals surface area contributed by atoms with Crippen molar-refractivity contribution in [3.8, 4) is 0 Å². The predicted molar refractivity (Wildman–Crippen MR) is 122 cm³/mol. The van der Waals surface area contributed by atoms with Gasteiger partial charge in [0.25, 0.3) is 0 Å². The van der Waals surface area contributed by atoms with E-state index in [4.69, 9.17) is 4.74 Å². The molecule has 0 radical (unpaired) electrons. The molecule has 1 aliphatic rings.